The van der Waals surface area contributed by atoms with Gasteiger partial charge in [0, 0.05) is 21.0 Å². The summed E-state index contributed by atoms with van der Waals surface area (Å²) in [5, 5.41) is 0.837. The van der Waals surface area contributed by atoms with Gasteiger partial charge in [-0.3, -0.25) is 8.86 Å². The van der Waals surface area contributed by atoms with Gasteiger partial charge in [0.15, 0.2) is 0 Å². The summed E-state index contributed by atoms with van der Waals surface area (Å²) in [6, 6.07) is 0. The Labute approximate surface area is 165 Å². The van der Waals surface area contributed by atoms with E-state index in [2.05, 4.69) is 76.2 Å². The van der Waals surface area contributed by atoms with E-state index in [4.69, 9.17) is 8.37 Å². The molecule has 0 N–H and O–H groups in total. The maximum absolute atomic E-state index is 7.30. The van der Waals surface area contributed by atoms with Crippen LogP contribution in [0.4, 0.5) is 0 Å². The fourth-order valence-electron chi connectivity index (χ4n) is 6.31. The predicted octanol–water partition coefficient (Wildman–Crippen LogP) is 7.84. The Morgan fingerprint density at radius 3 is 1.73 bits per heavy atom. The second-order valence-corrected chi connectivity index (χ2v) is 17.0. The van der Waals surface area contributed by atoms with Crippen molar-refractivity contribution < 1.29 is 8.37 Å². The molecule has 0 rings (SSSR count). The molecule has 0 aliphatic rings. The fraction of sp³-hybridized carbons (Fsp3) is 1.00. The summed E-state index contributed by atoms with van der Waals surface area (Å²) in [4.78, 5) is 0. The van der Waals surface area contributed by atoms with Crippen molar-refractivity contribution >= 4 is 8.86 Å². The van der Waals surface area contributed by atoms with Crippen molar-refractivity contribution in [2.75, 3.05) is 19.5 Å². The molecule has 0 radical (unpaired) electrons. The molecule has 0 aliphatic carbocycles. The molecule has 2 unspecified atom stereocenters. The van der Waals surface area contributed by atoms with Crippen molar-refractivity contribution in [3.8, 4) is 0 Å². The molecule has 2 nitrogen and oxygen atoms in total. The summed E-state index contributed by atoms with van der Waals surface area (Å²) in [5.74, 6) is 2.09. The molecule has 0 fully saturated rings. The number of rotatable bonds is 12. The van der Waals surface area contributed by atoms with Crippen molar-refractivity contribution in [1.82, 2.24) is 0 Å². The lowest BCUT2D eigenvalue weighted by molar-refractivity contribution is 0.208. The van der Waals surface area contributed by atoms with Gasteiger partial charge in [0.1, 0.15) is 0 Å². The summed E-state index contributed by atoms with van der Waals surface area (Å²) < 4.78 is 14.3. The third-order valence-electron chi connectivity index (χ3n) is 7.29. The van der Waals surface area contributed by atoms with Crippen LogP contribution in [0.2, 0.25) is 0 Å². The van der Waals surface area contributed by atoms with Gasteiger partial charge < -0.3 is 8.37 Å². The highest BCUT2D eigenvalue weighted by molar-refractivity contribution is 8.59. The molecule has 26 heavy (non-hydrogen) atoms. The first-order chi connectivity index (χ1) is 11.8. The minimum absolute atomic E-state index is 0.0624. The average Bonchev–Trinajstić information content (AvgIpc) is 2.52. The van der Waals surface area contributed by atoms with Crippen molar-refractivity contribution in [1.29, 1.82) is 0 Å². The van der Waals surface area contributed by atoms with Crippen molar-refractivity contribution in [2.24, 2.45) is 11.8 Å². The average molecular weight is 393 g/mol. The molecule has 0 spiro atoms. The van der Waals surface area contributed by atoms with E-state index in [0.717, 1.165) is 18.8 Å². The molecule has 2 atom stereocenters. The quantitative estimate of drug-likeness (QED) is 0.337. The normalized spacial score (nSPS) is 18.7. The van der Waals surface area contributed by atoms with E-state index in [0.29, 0.717) is 22.3 Å². The Morgan fingerprint density at radius 1 is 0.923 bits per heavy atom. The van der Waals surface area contributed by atoms with Crippen molar-refractivity contribution in [2.45, 2.75) is 117 Å². The lowest BCUT2D eigenvalue weighted by atomic mass is 10.0. The highest BCUT2D eigenvalue weighted by Crippen LogP contribution is 3.02. The zero-order valence-corrected chi connectivity index (χ0v) is 21.1. The first kappa shape index (κ1) is 26.3. The summed E-state index contributed by atoms with van der Waals surface area (Å²) in [5.41, 5.74) is 0. The van der Waals surface area contributed by atoms with E-state index >= 15 is 0 Å². The van der Waals surface area contributed by atoms with E-state index in [1.807, 2.05) is 7.11 Å². The van der Waals surface area contributed by atoms with Crippen LogP contribution < -0.4 is 0 Å². The van der Waals surface area contributed by atoms with Gasteiger partial charge in [-0.2, -0.15) is 0 Å². The van der Waals surface area contributed by atoms with Gasteiger partial charge in [0.05, 0.1) is 13.7 Å². The van der Waals surface area contributed by atoms with Gasteiger partial charge in [-0.15, -0.1) is 0 Å². The molecular formula is C23H52O2S. The van der Waals surface area contributed by atoms with Gasteiger partial charge in [0.2, 0.25) is 0 Å². The smallest absolute Gasteiger partial charge is 0.0653 e. The molecule has 0 saturated heterocycles. The van der Waals surface area contributed by atoms with Crippen LogP contribution in [0.5, 0.6) is 0 Å². The zero-order chi connectivity index (χ0) is 20.9. The lowest BCUT2D eigenvalue weighted by Gasteiger charge is -2.96. The number of unbranched alkanes of at least 4 members (excludes halogenated alkanes) is 1. The summed E-state index contributed by atoms with van der Waals surface area (Å²) in [6.07, 6.45) is 4.75. The van der Waals surface area contributed by atoms with Crippen LogP contribution in [0.25, 0.3) is 0 Å². The summed E-state index contributed by atoms with van der Waals surface area (Å²) >= 11 is 0. The molecule has 0 aromatic carbocycles. The number of hydrogen-bond acceptors (Lipinski definition) is 2. The van der Waals surface area contributed by atoms with Crippen LogP contribution in [0.3, 0.4) is 0 Å². The Morgan fingerprint density at radius 2 is 1.46 bits per heavy atom. The summed E-state index contributed by atoms with van der Waals surface area (Å²) in [6.45, 7) is 26.7. The van der Waals surface area contributed by atoms with E-state index in [-0.39, 0.29) is 4.75 Å². The Bertz CT molecular complexity index is 442. The van der Waals surface area contributed by atoms with Gasteiger partial charge in [-0.25, -0.2) is 0 Å². The van der Waals surface area contributed by atoms with Crippen LogP contribution in [-0.2, 0) is 8.37 Å². The molecule has 0 aromatic rings. The zero-order valence-electron chi connectivity index (χ0n) is 20.3. The Balaban J connectivity index is 7.46. The van der Waals surface area contributed by atoms with E-state index in [1.54, 1.807) is 0 Å². The van der Waals surface area contributed by atoms with Crippen LogP contribution >= 0.6 is 8.86 Å². The molecule has 0 bridgehead atoms. The maximum atomic E-state index is 7.30. The minimum atomic E-state index is -3.46. The molecule has 0 amide bonds. The van der Waals surface area contributed by atoms with Gasteiger partial charge in [-0.05, 0) is 59.3 Å². The van der Waals surface area contributed by atoms with Crippen molar-refractivity contribution in [3.05, 3.63) is 0 Å². The number of hydrogen-bond donors (Lipinski definition) is 0. The second kappa shape index (κ2) is 8.74. The fourth-order valence-corrected chi connectivity index (χ4v) is 17.6. The van der Waals surface area contributed by atoms with E-state index in [1.165, 1.54) is 19.3 Å². The molecule has 3 heteroatoms. The molecule has 0 aromatic heterocycles. The standard InChI is InChI=1S/C23H52O2S/c1-13-16-17-22(20(6)7)26(24-12,25-15-3,18-19(4)5,21(8)14-2)23(9,10)11/h19-22H,13-18H2,1-12H3. The highest BCUT2D eigenvalue weighted by atomic mass is 32.4. The van der Waals surface area contributed by atoms with E-state index < -0.39 is 8.86 Å². The monoisotopic (exact) mass is 392 g/mol. The third-order valence-corrected chi connectivity index (χ3v) is 18.6. The minimum Gasteiger partial charge on any atom is -0.314 e. The van der Waals surface area contributed by atoms with Crippen LogP contribution in [0.15, 0.2) is 0 Å². The lowest BCUT2D eigenvalue weighted by Crippen LogP contribution is -2.69. The largest absolute Gasteiger partial charge is 0.314 e. The third kappa shape index (κ3) is 3.28. The molecule has 0 saturated carbocycles. The molecular weight excluding hydrogens is 340 g/mol. The first-order valence-corrected chi connectivity index (χ1v) is 13.7. The van der Waals surface area contributed by atoms with Crippen LogP contribution in [-0.4, -0.2) is 34.7 Å². The van der Waals surface area contributed by atoms with Gasteiger partial charge in [-0.1, -0.05) is 54.4 Å². The van der Waals surface area contributed by atoms with E-state index in [9.17, 15) is 0 Å². The van der Waals surface area contributed by atoms with Crippen LogP contribution in [0.1, 0.15) is 102 Å². The van der Waals surface area contributed by atoms with Gasteiger partial charge in [0.25, 0.3) is 0 Å². The van der Waals surface area contributed by atoms with Crippen LogP contribution in [0, 0.1) is 11.8 Å². The highest BCUT2D eigenvalue weighted by Gasteiger charge is 2.70. The topological polar surface area (TPSA) is 18.5 Å². The first-order valence-electron chi connectivity index (χ1n) is 11.1. The second-order valence-electron chi connectivity index (χ2n) is 10.1. The van der Waals surface area contributed by atoms with Crippen molar-refractivity contribution in [3.63, 3.8) is 0 Å². The van der Waals surface area contributed by atoms with Gasteiger partial charge >= 0.3 is 0 Å². The SMILES string of the molecule is CCCCC(C(C)C)S(CC(C)C)(OC)(OCC)(C(C)CC)C(C)(C)C. The summed E-state index contributed by atoms with van der Waals surface area (Å²) in [7, 11) is -1.47. The maximum Gasteiger partial charge on any atom is 0.0653 e. The molecule has 0 aliphatic heterocycles. The Hall–Kier alpha value is 0.270. The Kier molecular flexibility index (Phi) is 8.83. The molecule has 162 valence electrons. The molecule has 0 heterocycles. The predicted molar refractivity (Wildman–Crippen MR) is 124 cm³/mol.